The molecule has 0 aromatic heterocycles. The molecular formula is C12H13N3O4S. The molecule has 3 aliphatic rings. The number of rotatable bonds is 2. The predicted molar refractivity (Wildman–Crippen MR) is 73.2 cm³/mol. The minimum Gasteiger partial charge on any atom is -0.465 e. The number of nitrogens with zero attached hydrogens (tertiary/aromatic N) is 2. The van der Waals surface area contributed by atoms with E-state index in [9.17, 15) is 14.7 Å². The molecular weight excluding hydrogens is 282 g/mol. The van der Waals surface area contributed by atoms with E-state index in [4.69, 9.17) is 4.74 Å². The first-order chi connectivity index (χ1) is 9.61. The molecule has 0 aromatic carbocycles. The summed E-state index contributed by atoms with van der Waals surface area (Å²) in [4.78, 5) is 23.6. The van der Waals surface area contributed by atoms with E-state index in [0.29, 0.717) is 17.0 Å². The largest absolute Gasteiger partial charge is 0.465 e. The minimum atomic E-state index is -0.559. The Kier molecular flexibility index (Phi) is 3.27. The number of ether oxygens (including phenoxy) is 1. The first-order valence-electron chi connectivity index (χ1n) is 6.06. The fourth-order valence-electron chi connectivity index (χ4n) is 2.32. The van der Waals surface area contributed by atoms with Crippen LogP contribution in [0.25, 0.3) is 11.3 Å². The number of aliphatic hydroxyl groups excluding tert-OH is 1. The summed E-state index contributed by atoms with van der Waals surface area (Å²) in [7, 11) is 1.27. The summed E-state index contributed by atoms with van der Waals surface area (Å²) in [6.07, 6.45) is 2.69. The third-order valence-corrected chi connectivity index (χ3v) is 4.54. The lowest BCUT2D eigenvalue weighted by Gasteiger charge is -2.20. The summed E-state index contributed by atoms with van der Waals surface area (Å²) in [6, 6.07) is -0.165. The van der Waals surface area contributed by atoms with Crippen LogP contribution >= 0.6 is 11.8 Å². The molecule has 2 atom stereocenters. The van der Waals surface area contributed by atoms with E-state index in [2.05, 4.69) is 10.2 Å². The van der Waals surface area contributed by atoms with E-state index in [1.165, 1.54) is 7.11 Å². The Morgan fingerprint density at radius 2 is 2.35 bits per heavy atom. The summed E-state index contributed by atoms with van der Waals surface area (Å²) in [6.45, 7) is 0. The predicted octanol–water partition coefficient (Wildman–Crippen LogP) is 0.112. The van der Waals surface area contributed by atoms with Crippen molar-refractivity contribution in [1.29, 1.82) is 0 Å². The van der Waals surface area contributed by atoms with Crippen molar-refractivity contribution in [2.24, 2.45) is 0 Å². The molecule has 0 spiro atoms. The highest BCUT2D eigenvalue weighted by Crippen LogP contribution is 2.31. The van der Waals surface area contributed by atoms with Gasteiger partial charge in [0.15, 0.2) is 0 Å². The van der Waals surface area contributed by atoms with Crippen LogP contribution in [0, 0.1) is 0 Å². The van der Waals surface area contributed by atoms with Crippen LogP contribution in [-0.2, 0) is 4.74 Å². The number of thioether (sulfide) groups is 1. The highest BCUT2D eigenvalue weighted by Gasteiger charge is 2.30. The Hall–Kier alpha value is -1.80. The van der Waals surface area contributed by atoms with Gasteiger partial charge in [0.05, 0.1) is 24.8 Å². The lowest BCUT2D eigenvalue weighted by Crippen LogP contribution is -2.24. The van der Waals surface area contributed by atoms with Crippen molar-refractivity contribution in [2.75, 3.05) is 18.6 Å². The number of methoxy groups -OCH3 is 1. The van der Waals surface area contributed by atoms with Gasteiger partial charge in [-0.2, -0.15) is 16.9 Å². The lowest BCUT2D eigenvalue weighted by molar-refractivity contribution is 0.0599. The van der Waals surface area contributed by atoms with Gasteiger partial charge in [0.1, 0.15) is 11.3 Å². The number of carbonyl (C=O) groups is 1. The zero-order chi connectivity index (χ0) is 14.3. The van der Waals surface area contributed by atoms with E-state index >= 15 is 0 Å². The molecule has 0 amide bonds. The Bertz CT molecular complexity index is 680. The number of H-pyrrole nitrogens is 1. The molecule has 20 heavy (non-hydrogen) atoms. The van der Waals surface area contributed by atoms with Crippen molar-refractivity contribution >= 4 is 17.7 Å². The first-order valence-corrected chi connectivity index (χ1v) is 7.21. The van der Waals surface area contributed by atoms with E-state index in [1.54, 1.807) is 28.7 Å². The molecule has 1 saturated heterocycles. The van der Waals surface area contributed by atoms with E-state index < -0.39 is 12.1 Å². The number of aromatic nitrogens is 3. The Balaban J connectivity index is 2.18. The summed E-state index contributed by atoms with van der Waals surface area (Å²) < 4.78 is 6.43. The molecule has 0 saturated carbocycles. The van der Waals surface area contributed by atoms with Gasteiger partial charge < -0.3 is 14.4 Å². The topological polar surface area (TPSA) is 97.2 Å². The average molecular weight is 295 g/mol. The van der Waals surface area contributed by atoms with E-state index in [1.807, 2.05) is 0 Å². The molecule has 3 aliphatic heterocycles. The molecule has 3 rings (SSSR count). The van der Waals surface area contributed by atoms with Gasteiger partial charge in [0, 0.05) is 23.9 Å². The fraction of sp³-hybridized carbons (Fsp3) is 0.417. The van der Waals surface area contributed by atoms with Crippen molar-refractivity contribution in [2.45, 2.75) is 12.1 Å². The number of pyridine rings is 1. The number of nitrogens with one attached hydrogen (secondary N) is 1. The molecule has 0 aliphatic carbocycles. The summed E-state index contributed by atoms with van der Waals surface area (Å²) in [5.41, 5.74) is 0.460. The molecule has 0 aromatic rings. The molecule has 7 nitrogen and oxygen atoms in total. The number of aromatic amines is 1. The Labute approximate surface area is 118 Å². The molecule has 8 heteroatoms. The third kappa shape index (κ3) is 2.01. The van der Waals surface area contributed by atoms with Gasteiger partial charge in [-0.05, 0) is 0 Å². The zero-order valence-electron chi connectivity index (χ0n) is 10.7. The number of esters is 1. The third-order valence-electron chi connectivity index (χ3n) is 3.39. The van der Waals surface area contributed by atoms with Gasteiger partial charge in [-0.25, -0.2) is 9.89 Å². The number of hydrogen-bond acceptors (Lipinski definition) is 6. The van der Waals surface area contributed by atoms with Crippen LogP contribution in [0.2, 0.25) is 0 Å². The molecule has 2 N–H and O–H groups in total. The second-order valence-electron chi connectivity index (χ2n) is 4.60. The normalized spacial score (nSPS) is 22.3. The summed E-state index contributed by atoms with van der Waals surface area (Å²) >= 11 is 1.63. The Morgan fingerprint density at radius 3 is 3.00 bits per heavy atom. The van der Waals surface area contributed by atoms with Gasteiger partial charge in [0.2, 0.25) is 0 Å². The zero-order valence-corrected chi connectivity index (χ0v) is 11.5. The lowest BCUT2D eigenvalue weighted by atomic mass is 10.1. The average Bonchev–Trinajstić information content (AvgIpc) is 3.04. The van der Waals surface area contributed by atoms with Crippen LogP contribution in [0.3, 0.4) is 0 Å². The number of fused-ring (bicyclic) bond motifs is 1. The van der Waals surface area contributed by atoms with Crippen molar-refractivity contribution in [3.05, 3.63) is 28.3 Å². The Morgan fingerprint density at radius 1 is 1.55 bits per heavy atom. The minimum absolute atomic E-state index is 0.165. The quantitative estimate of drug-likeness (QED) is 0.763. The van der Waals surface area contributed by atoms with Crippen molar-refractivity contribution < 1.29 is 14.6 Å². The second-order valence-corrected chi connectivity index (χ2v) is 5.67. The number of carbonyl (C=O) groups excluding carboxylic acids is 1. The van der Waals surface area contributed by atoms with Gasteiger partial charge in [0.25, 0.3) is 5.56 Å². The van der Waals surface area contributed by atoms with Crippen molar-refractivity contribution in [1.82, 2.24) is 14.8 Å². The maximum absolute atomic E-state index is 11.8. The monoisotopic (exact) mass is 295 g/mol. The maximum Gasteiger partial charge on any atom is 0.341 e. The smallest absolute Gasteiger partial charge is 0.341 e. The first kappa shape index (κ1) is 13.2. The molecule has 106 valence electrons. The van der Waals surface area contributed by atoms with Gasteiger partial charge in [-0.15, -0.1) is 0 Å². The standard InChI is InChI=1S/C12H13N3O4S/c1-19-12(18)7-3-15(8-4-20-5-9(8)16)2-6-10(7)13-14-11(6)17/h2-3,8-9,16H,4-5H2,1H3,(H,14,17)/t8-,9+/m1/s1. The molecule has 3 heterocycles. The van der Waals surface area contributed by atoms with Crippen LogP contribution < -0.4 is 5.56 Å². The molecule has 0 bridgehead atoms. The van der Waals surface area contributed by atoms with Crippen molar-refractivity contribution in [3.8, 4) is 11.3 Å². The number of aliphatic hydroxyl groups is 1. The van der Waals surface area contributed by atoms with Gasteiger partial charge >= 0.3 is 5.97 Å². The molecule has 1 fully saturated rings. The second kappa shape index (κ2) is 4.95. The van der Waals surface area contributed by atoms with Crippen LogP contribution in [0.4, 0.5) is 0 Å². The van der Waals surface area contributed by atoms with Crippen LogP contribution in [-0.4, -0.2) is 50.6 Å². The summed E-state index contributed by atoms with van der Waals surface area (Å²) in [5.74, 6) is 0.805. The van der Waals surface area contributed by atoms with Crippen molar-refractivity contribution in [3.63, 3.8) is 0 Å². The highest BCUT2D eigenvalue weighted by molar-refractivity contribution is 7.99. The van der Waals surface area contributed by atoms with Gasteiger partial charge in [-0.1, -0.05) is 0 Å². The van der Waals surface area contributed by atoms with Crippen LogP contribution in [0.15, 0.2) is 17.2 Å². The van der Waals surface area contributed by atoms with E-state index in [-0.39, 0.29) is 17.2 Å². The molecule has 0 radical (unpaired) electrons. The molecule has 0 unspecified atom stereocenters. The van der Waals surface area contributed by atoms with E-state index in [0.717, 1.165) is 5.75 Å². The van der Waals surface area contributed by atoms with Gasteiger partial charge in [-0.3, -0.25) is 4.79 Å². The maximum atomic E-state index is 11.8. The summed E-state index contributed by atoms with van der Waals surface area (Å²) in [5, 5.41) is 16.1. The number of hydrogen-bond donors (Lipinski definition) is 2. The van der Waals surface area contributed by atoms with Crippen LogP contribution in [0.1, 0.15) is 16.4 Å². The SMILES string of the molecule is COC(=O)c1cn([C@@H]2CSC[C@@H]2O)cc2c(=O)[nH]nc1-2. The fourth-order valence-corrected chi connectivity index (χ4v) is 3.56. The van der Waals surface area contributed by atoms with Crippen LogP contribution in [0.5, 0.6) is 0 Å². The highest BCUT2D eigenvalue weighted by atomic mass is 32.2.